The van der Waals surface area contributed by atoms with Gasteiger partial charge in [0, 0.05) is 0 Å². The minimum atomic E-state index is -1.06. The molecule has 2 N–H and O–H groups in total. The van der Waals surface area contributed by atoms with Crippen LogP contribution in [0.3, 0.4) is 0 Å². The molecule has 1 aromatic carbocycles. The molecule has 0 radical (unpaired) electrons. The number of phenolic OH excluding ortho intramolecular Hbond substituents is 1. The fraction of sp³-hybridized carbons (Fsp3) is 0.462. The smallest absolute Gasteiger partial charge is 0.335 e. The predicted octanol–water partition coefficient (Wildman–Crippen LogP) is 4.08. The molecule has 0 aromatic heterocycles. The maximum absolute atomic E-state index is 10.3. The number of benzene rings is 1. The van der Waals surface area contributed by atoms with E-state index in [0.29, 0.717) is 0 Å². The number of phenols is 1. The molecule has 0 heterocycles. The minimum absolute atomic E-state index is 0.0462. The van der Waals surface area contributed by atoms with Crippen molar-refractivity contribution in [3.63, 3.8) is 0 Å². The van der Waals surface area contributed by atoms with E-state index in [-0.39, 0.29) is 16.3 Å². The van der Waals surface area contributed by atoms with Gasteiger partial charge in [-0.25, -0.2) is 4.79 Å². The van der Waals surface area contributed by atoms with Gasteiger partial charge in [-0.05, 0) is 18.2 Å². The number of halogens is 1. The number of rotatable bonds is 1. The van der Waals surface area contributed by atoms with Gasteiger partial charge in [0.1, 0.15) is 5.75 Å². The van der Waals surface area contributed by atoms with Crippen LogP contribution in [0.1, 0.15) is 48.9 Å². The molecule has 1 saturated carbocycles. The lowest BCUT2D eigenvalue weighted by Crippen LogP contribution is -1.94. The summed E-state index contributed by atoms with van der Waals surface area (Å²) in [6.45, 7) is 0. The highest BCUT2D eigenvalue weighted by molar-refractivity contribution is 6.32. The highest BCUT2D eigenvalue weighted by Crippen LogP contribution is 2.23. The van der Waals surface area contributed by atoms with Gasteiger partial charge in [-0.3, -0.25) is 0 Å². The number of hydrogen-bond acceptors (Lipinski definition) is 2. The predicted molar refractivity (Wildman–Crippen MR) is 67.8 cm³/mol. The maximum atomic E-state index is 10.3. The Morgan fingerprint density at radius 3 is 1.88 bits per heavy atom. The molecule has 2 rings (SSSR count). The van der Waals surface area contributed by atoms with Gasteiger partial charge in [0.15, 0.2) is 0 Å². The lowest BCUT2D eigenvalue weighted by molar-refractivity contribution is 0.0697. The Balaban J connectivity index is 0.000000202. The van der Waals surface area contributed by atoms with E-state index < -0.39 is 5.97 Å². The summed E-state index contributed by atoms with van der Waals surface area (Å²) < 4.78 is 0. The summed E-state index contributed by atoms with van der Waals surface area (Å²) in [6.07, 6.45) is 9.00. The van der Waals surface area contributed by atoms with Crippen LogP contribution in [-0.2, 0) is 0 Å². The van der Waals surface area contributed by atoms with Crippen molar-refractivity contribution in [2.24, 2.45) is 0 Å². The molecule has 0 amide bonds. The summed E-state index contributed by atoms with van der Waals surface area (Å²) >= 11 is 5.44. The SMILES string of the molecule is C1CCCCC1.O=C(O)c1ccc(O)c(Cl)c1. The van der Waals surface area contributed by atoms with Crippen LogP contribution in [0.25, 0.3) is 0 Å². The molecule has 4 heteroatoms. The third kappa shape index (κ3) is 5.09. The third-order valence-electron chi connectivity index (χ3n) is 2.69. The Bertz CT molecular complexity index is 361. The Labute approximate surface area is 106 Å². The average Bonchev–Trinajstić information content (AvgIpc) is 2.35. The molecule has 0 aliphatic heterocycles. The second kappa shape index (κ2) is 7.17. The molecule has 0 saturated heterocycles. The van der Waals surface area contributed by atoms with Crippen LogP contribution >= 0.6 is 11.6 Å². The zero-order chi connectivity index (χ0) is 12.7. The summed E-state index contributed by atoms with van der Waals surface area (Å²) in [5.41, 5.74) is 0.0628. The first-order chi connectivity index (χ1) is 8.11. The average molecular weight is 257 g/mol. The first-order valence-electron chi connectivity index (χ1n) is 5.83. The van der Waals surface area contributed by atoms with Crippen molar-refractivity contribution in [3.05, 3.63) is 28.8 Å². The first kappa shape index (κ1) is 13.8. The second-order valence-corrected chi connectivity index (χ2v) is 4.50. The Kier molecular flexibility index (Phi) is 5.84. The highest BCUT2D eigenvalue weighted by atomic mass is 35.5. The Morgan fingerprint density at radius 2 is 1.53 bits per heavy atom. The van der Waals surface area contributed by atoms with Crippen LogP contribution in [0.4, 0.5) is 0 Å². The van der Waals surface area contributed by atoms with Gasteiger partial charge in [-0.2, -0.15) is 0 Å². The number of carboxylic acid groups (broad SMARTS) is 1. The van der Waals surface area contributed by atoms with Crippen LogP contribution in [0, 0.1) is 0 Å². The van der Waals surface area contributed by atoms with Crippen molar-refractivity contribution >= 4 is 17.6 Å². The first-order valence-corrected chi connectivity index (χ1v) is 6.21. The van der Waals surface area contributed by atoms with Crippen LogP contribution < -0.4 is 0 Å². The van der Waals surface area contributed by atoms with E-state index in [2.05, 4.69) is 0 Å². The molecule has 1 aromatic rings. The lowest BCUT2D eigenvalue weighted by atomic mass is 10.0. The lowest BCUT2D eigenvalue weighted by Gasteiger charge is -2.05. The van der Waals surface area contributed by atoms with Crippen molar-refractivity contribution in [2.75, 3.05) is 0 Å². The fourth-order valence-electron chi connectivity index (χ4n) is 1.70. The summed E-state index contributed by atoms with van der Waals surface area (Å²) in [6, 6.07) is 3.72. The maximum Gasteiger partial charge on any atom is 0.335 e. The third-order valence-corrected chi connectivity index (χ3v) is 3.00. The standard InChI is InChI=1S/C7H5ClO3.C6H12/c8-5-3-4(7(10)11)1-2-6(5)9;1-2-4-6-5-3-1/h1-3,9H,(H,10,11);1-6H2. The summed E-state index contributed by atoms with van der Waals surface area (Å²) in [7, 11) is 0. The van der Waals surface area contributed by atoms with Crippen LogP contribution in [0.5, 0.6) is 5.75 Å². The highest BCUT2D eigenvalue weighted by Gasteiger charge is 2.04. The Morgan fingerprint density at radius 1 is 1.06 bits per heavy atom. The molecular formula is C13H17ClO3. The molecule has 3 nitrogen and oxygen atoms in total. The molecule has 0 spiro atoms. The van der Waals surface area contributed by atoms with E-state index in [0.717, 1.165) is 0 Å². The van der Waals surface area contributed by atoms with Crippen molar-refractivity contribution in [1.82, 2.24) is 0 Å². The number of carboxylic acids is 1. The quantitative estimate of drug-likeness (QED) is 0.796. The van der Waals surface area contributed by atoms with Crippen molar-refractivity contribution in [2.45, 2.75) is 38.5 Å². The summed E-state index contributed by atoms with van der Waals surface area (Å²) in [4.78, 5) is 10.3. The number of aromatic carboxylic acids is 1. The van der Waals surface area contributed by atoms with E-state index in [1.54, 1.807) is 0 Å². The number of aromatic hydroxyl groups is 1. The molecule has 1 fully saturated rings. The van der Waals surface area contributed by atoms with E-state index >= 15 is 0 Å². The van der Waals surface area contributed by atoms with Gasteiger partial charge in [-0.15, -0.1) is 0 Å². The van der Waals surface area contributed by atoms with Crippen LogP contribution in [0.15, 0.2) is 18.2 Å². The van der Waals surface area contributed by atoms with Crippen molar-refractivity contribution in [3.8, 4) is 5.75 Å². The van der Waals surface area contributed by atoms with Gasteiger partial charge < -0.3 is 10.2 Å². The molecule has 0 unspecified atom stereocenters. The normalized spacial score (nSPS) is 14.6. The summed E-state index contributed by atoms with van der Waals surface area (Å²) in [5, 5.41) is 17.4. The Hall–Kier alpha value is -1.22. The van der Waals surface area contributed by atoms with Crippen molar-refractivity contribution in [1.29, 1.82) is 0 Å². The van der Waals surface area contributed by atoms with E-state index in [9.17, 15) is 4.79 Å². The molecule has 94 valence electrons. The largest absolute Gasteiger partial charge is 0.506 e. The minimum Gasteiger partial charge on any atom is -0.506 e. The van der Waals surface area contributed by atoms with E-state index in [4.69, 9.17) is 21.8 Å². The number of carbonyl (C=O) groups is 1. The zero-order valence-corrected chi connectivity index (χ0v) is 10.4. The summed E-state index contributed by atoms with van der Waals surface area (Å²) in [5.74, 6) is -1.18. The van der Waals surface area contributed by atoms with Gasteiger partial charge in [0.2, 0.25) is 0 Å². The molecule has 1 aliphatic rings. The molecule has 0 bridgehead atoms. The molecule has 1 aliphatic carbocycles. The van der Waals surface area contributed by atoms with Crippen molar-refractivity contribution < 1.29 is 15.0 Å². The number of hydrogen-bond donors (Lipinski definition) is 2. The molecular weight excluding hydrogens is 240 g/mol. The molecule has 17 heavy (non-hydrogen) atoms. The van der Waals surface area contributed by atoms with E-state index in [1.807, 2.05) is 0 Å². The zero-order valence-electron chi connectivity index (χ0n) is 9.66. The fourth-order valence-corrected chi connectivity index (χ4v) is 1.88. The topological polar surface area (TPSA) is 57.5 Å². The van der Waals surface area contributed by atoms with E-state index in [1.165, 1.54) is 56.7 Å². The van der Waals surface area contributed by atoms with Crippen LogP contribution in [-0.4, -0.2) is 16.2 Å². The van der Waals surface area contributed by atoms with Gasteiger partial charge in [0.05, 0.1) is 10.6 Å². The van der Waals surface area contributed by atoms with Crippen LogP contribution in [0.2, 0.25) is 5.02 Å². The molecule has 0 atom stereocenters. The van der Waals surface area contributed by atoms with Gasteiger partial charge >= 0.3 is 5.97 Å². The van der Waals surface area contributed by atoms with Gasteiger partial charge in [0.25, 0.3) is 0 Å². The van der Waals surface area contributed by atoms with Gasteiger partial charge in [-0.1, -0.05) is 50.1 Å². The second-order valence-electron chi connectivity index (χ2n) is 4.09. The monoisotopic (exact) mass is 256 g/mol.